The first-order chi connectivity index (χ1) is 10.1. The zero-order chi connectivity index (χ0) is 14.7. The van der Waals surface area contributed by atoms with Crippen LogP contribution in [0.15, 0.2) is 59.6 Å². The van der Waals surface area contributed by atoms with Gasteiger partial charge in [0.1, 0.15) is 5.82 Å². The maximum absolute atomic E-state index is 12.3. The third-order valence-corrected chi connectivity index (χ3v) is 5.07. The number of rotatable bonds is 4. The zero-order valence-corrected chi connectivity index (χ0v) is 12.3. The van der Waals surface area contributed by atoms with Crippen molar-refractivity contribution in [3.63, 3.8) is 0 Å². The minimum atomic E-state index is -3.45. The van der Waals surface area contributed by atoms with Crippen molar-refractivity contribution >= 4 is 15.8 Å². The molecule has 3 rings (SSSR count). The zero-order valence-electron chi connectivity index (χ0n) is 11.5. The predicted molar refractivity (Wildman–Crippen MR) is 81.6 cm³/mol. The van der Waals surface area contributed by atoms with E-state index in [1.165, 1.54) is 0 Å². The van der Waals surface area contributed by atoms with Crippen molar-refractivity contribution < 1.29 is 8.42 Å². The van der Waals surface area contributed by atoms with Gasteiger partial charge in [-0.2, -0.15) is 0 Å². The number of hydrogen-bond donors (Lipinski definition) is 1. The molecule has 0 spiro atoms. The smallest absolute Gasteiger partial charge is 0.240 e. The number of aromatic nitrogens is 1. The van der Waals surface area contributed by atoms with Crippen LogP contribution >= 0.6 is 0 Å². The van der Waals surface area contributed by atoms with Gasteiger partial charge >= 0.3 is 0 Å². The van der Waals surface area contributed by atoms with Crippen LogP contribution in [0.5, 0.6) is 0 Å². The van der Waals surface area contributed by atoms with Gasteiger partial charge in [0, 0.05) is 25.3 Å². The van der Waals surface area contributed by atoms with Crippen molar-refractivity contribution in [1.82, 2.24) is 9.71 Å². The summed E-state index contributed by atoms with van der Waals surface area (Å²) in [6.45, 7) is 1.45. The molecular formula is C15H17N3O2S. The van der Waals surface area contributed by atoms with Gasteiger partial charge in [0.15, 0.2) is 0 Å². The van der Waals surface area contributed by atoms with E-state index in [4.69, 9.17) is 0 Å². The third-order valence-electron chi connectivity index (χ3n) is 3.54. The van der Waals surface area contributed by atoms with Crippen LogP contribution in [0.3, 0.4) is 0 Å². The molecule has 1 unspecified atom stereocenters. The Bertz CT molecular complexity index is 689. The van der Waals surface area contributed by atoms with E-state index in [-0.39, 0.29) is 6.04 Å². The lowest BCUT2D eigenvalue weighted by Crippen LogP contribution is -2.37. The van der Waals surface area contributed by atoms with Crippen molar-refractivity contribution in [1.29, 1.82) is 0 Å². The summed E-state index contributed by atoms with van der Waals surface area (Å²) in [5, 5.41) is 0. The number of anilines is 1. The Morgan fingerprint density at radius 3 is 2.57 bits per heavy atom. The number of nitrogens with zero attached hydrogens (tertiary/aromatic N) is 2. The molecule has 1 aromatic carbocycles. The number of pyridine rings is 1. The van der Waals surface area contributed by atoms with E-state index in [1.807, 2.05) is 18.2 Å². The molecule has 0 bridgehead atoms. The molecule has 6 heteroatoms. The van der Waals surface area contributed by atoms with Crippen molar-refractivity contribution in [2.45, 2.75) is 17.4 Å². The molecule has 21 heavy (non-hydrogen) atoms. The van der Waals surface area contributed by atoms with Gasteiger partial charge in [0.05, 0.1) is 4.90 Å². The fourth-order valence-corrected chi connectivity index (χ4v) is 3.78. The summed E-state index contributed by atoms with van der Waals surface area (Å²) in [7, 11) is -3.45. The lowest BCUT2D eigenvalue weighted by molar-refractivity contribution is 0.561. The fourth-order valence-electron chi connectivity index (χ4n) is 2.49. The molecule has 1 aliphatic heterocycles. The van der Waals surface area contributed by atoms with Gasteiger partial charge in [-0.05, 0) is 30.7 Å². The molecule has 110 valence electrons. The molecule has 1 aliphatic rings. The molecule has 1 N–H and O–H groups in total. The van der Waals surface area contributed by atoms with Crippen LogP contribution in [0.1, 0.15) is 6.42 Å². The monoisotopic (exact) mass is 303 g/mol. The molecule has 1 atom stereocenters. The highest BCUT2D eigenvalue weighted by atomic mass is 32.2. The molecule has 0 radical (unpaired) electrons. The number of sulfonamides is 1. The first-order valence-corrected chi connectivity index (χ1v) is 8.37. The molecule has 5 nitrogen and oxygen atoms in total. The van der Waals surface area contributed by atoms with E-state index >= 15 is 0 Å². The number of hydrogen-bond acceptors (Lipinski definition) is 4. The Morgan fingerprint density at radius 2 is 1.86 bits per heavy atom. The van der Waals surface area contributed by atoms with Crippen LogP contribution in [0.4, 0.5) is 5.82 Å². The largest absolute Gasteiger partial charge is 0.355 e. The molecule has 1 saturated heterocycles. The topological polar surface area (TPSA) is 62.3 Å². The van der Waals surface area contributed by atoms with Crippen molar-refractivity contribution in [3.8, 4) is 0 Å². The van der Waals surface area contributed by atoms with Crippen LogP contribution in [0, 0.1) is 0 Å². The lowest BCUT2D eigenvalue weighted by Gasteiger charge is -2.17. The average Bonchev–Trinajstić information content (AvgIpc) is 2.97. The van der Waals surface area contributed by atoms with Crippen molar-refractivity contribution in [2.24, 2.45) is 0 Å². The molecule has 0 aliphatic carbocycles. The van der Waals surface area contributed by atoms with Crippen LogP contribution in [0.25, 0.3) is 0 Å². The van der Waals surface area contributed by atoms with E-state index in [0.717, 1.165) is 18.8 Å². The first kappa shape index (κ1) is 14.0. The Kier molecular flexibility index (Phi) is 3.90. The third kappa shape index (κ3) is 3.22. The second kappa shape index (κ2) is 5.83. The summed E-state index contributed by atoms with van der Waals surface area (Å²) in [4.78, 5) is 6.70. The first-order valence-electron chi connectivity index (χ1n) is 6.88. The molecular weight excluding hydrogens is 286 g/mol. The Hall–Kier alpha value is -1.92. The summed E-state index contributed by atoms with van der Waals surface area (Å²) >= 11 is 0. The summed E-state index contributed by atoms with van der Waals surface area (Å²) in [6.07, 6.45) is 2.53. The van der Waals surface area contributed by atoms with Gasteiger partial charge < -0.3 is 4.90 Å². The average molecular weight is 303 g/mol. The van der Waals surface area contributed by atoms with Gasteiger partial charge in [0.25, 0.3) is 0 Å². The molecule has 0 amide bonds. The van der Waals surface area contributed by atoms with Gasteiger partial charge in [-0.3, -0.25) is 0 Å². The van der Waals surface area contributed by atoms with E-state index in [1.54, 1.807) is 36.5 Å². The SMILES string of the molecule is O=S(=O)(NC1CCN(c2ccccn2)C1)c1ccccc1. The summed E-state index contributed by atoms with van der Waals surface area (Å²) in [5.74, 6) is 0.888. The van der Waals surface area contributed by atoms with Gasteiger partial charge in [-0.25, -0.2) is 18.1 Å². The standard InChI is InChI=1S/C15H17N3O2S/c19-21(20,14-6-2-1-3-7-14)17-13-9-11-18(12-13)15-8-4-5-10-16-15/h1-8,10,13,17H,9,11-12H2. The minimum Gasteiger partial charge on any atom is -0.355 e. The lowest BCUT2D eigenvalue weighted by atomic mass is 10.3. The van der Waals surface area contributed by atoms with Gasteiger partial charge in [-0.15, -0.1) is 0 Å². The second-order valence-corrected chi connectivity index (χ2v) is 6.77. The highest BCUT2D eigenvalue weighted by Crippen LogP contribution is 2.19. The highest BCUT2D eigenvalue weighted by Gasteiger charge is 2.27. The molecule has 0 saturated carbocycles. The van der Waals surface area contributed by atoms with Crippen LogP contribution in [-0.2, 0) is 10.0 Å². The summed E-state index contributed by atoms with van der Waals surface area (Å²) < 4.78 is 27.3. The number of benzene rings is 1. The predicted octanol–water partition coefficient (Wildman–Crippen LogP) is 1.64. The van der Waals surface area contributed by atoms with Crippen LogP contribution < -0.4 is 9.62 Å². The normalized spacial score (nSPS) is 18.9. The van der Waals surface area contributed by atoms with Crippen molar-refractivity contribution in [2.75, 3.05) is 18.0 Å². The maximum Gasteiger partial charge on any atom is 0.240 e. The number of nitrogens with one attached hydrogen (secondary N) is 1. The summed E-state index contributed by atoms with van der Waals surface area (Å²) in [5.41, 5.74) is 0. The Balaban J connectivity index is 1.68. The van der Waals surface area contributed by atoms with E-state index in [2.05, 4.69) is 14.6 Å². The van der Waals surface area contributed by atoms with E-state index in [0.29, 0.717) is 11.4 Å². The quantitative estimate of drug-likeness (QED) is 0.932. The maximum atomic E-state index is 12.3. The van der Waals surface area contributed by atoms with E-state index in [9.17, 15) is 8.42 Å². The van der Waals surface area contributed by atoms with Crippen molar-refractivity contribution in [3.05, 3.63) is 54.7 Å². The van der Waals surface area contributed by atoms with Gasteiger partial charge in [0.2, 0.25) is 10.0 Å². The molecule has 2 heterocycles. The summed E-state index contributed by atoms with van der Waals surface area (Å²) in [6, 6.07) is 14.1. The minimum absolute atomic E-state index is 0.0859. The molecule has 1 fully saturated rings. The molecule has 2 aromatic rings. The van der Waals surface area contributed by atoms with Gasteiger partial charge in [-0.1, -0.05) is 24.3 Å². The van der Waals surface area contributed by atoms with Crippen LogP contribution in [-0.4, -0.2) is 32.5 Å². The Labute approximate surface area is 124 Å². The van der Waals surface area contributed by atoms with E-state index < -0.39 is 10.0 Å². The second-order valence-electron chi connectivity index (χ2n) is 5.05. The fraction of sp³-hybridized carbons (Fsp3) is 0.267. The highest BCUT2D eigenvalue weighted by molar-refractivity contribution is 7.89. The Morgan fingerprint density at radius 1 is 1.10 bits per heavy atom. The molecule has 1 aromatic heterocycles. The van der Waals surface area contributed by atoms with Crippen LogP contribution in [0.2, 0.25) is 0 Å².